The molecule has 2 aromatic rings. The number of nitrogens with one attached hydrogen (secondary N) is 2. The zero-order chi connectivity index (χ0) is 21.5. The van der Waals surface area contributed by atoms with Gasteiger partial charge in [-0.3, -0.25) is 0 Å². The van der Waals surface area contributed by atoms with Crippen molar-refractivity contribution >= 4 is 22.9 Å². The van der Waals surface area contributed by atoms with E-state index in [2.05, 4.69) is 22.1 Å². The molecule has 31 heavy (non-hydrogen) atoms. The van der Waals surface area contributed by atoms with Crippen LogP contribution in [0.3, 0.4) is 0 Å². The van der Waals surface area contributed by atoms with E-state index in [9.17, 15) is 0 Å². The summed E-state index contributed by atoms with van der Waals surface area (Å²) >= 11 is 0. The first-order chi connectivity index (χ1) is 15.2. The van der Waals surface area contributed by atoms with Crippen molar-refractivity contribution in [1.29, 1.82) is 0 Å². The molecule has 0 atom stereocenters. The van der Waals surface area contributed by atoms with Gasteiger partial charge in [0.05, 0.1) is 6.33 Å². The summed E-state index contributed by atoms with van der Waals surface area (Å²) in [5.41, 5.74) is 7.98. The van der Waals surface area contributed by atoms with Gasteiger partial charge in [0, 0.05) is 24.7 Å². The van der Waals surface area contributed by atoms with Crippen molar-refractivity contribution in [2.24, 2.45) is 5.73 Å². The Hall–Kier alpha value is -1.89. The minimum absolute atomic E-state index is 0.347. The smallest absolute Gasteiger partial charge is 0.227 e. The van der Waals surface area contributed by atoms with Crippen LogP contribution in [-0.2, 0) is 0 Å². The Kier molecular flexibility index (Phi) is 8.00. The molecule has 2 aromatic heterocycles. The third-order valence-corrected chi connectivity index (χ3v) is 7.07. The van der Waals surface area contributed by atoms with E-state index in [1.165, 1.54) is 64.2 Å². The molecule has 2 aliphatic rings. The average molecular weight is 428 g/mol. The van der Waals surface area contributed by atoms with Crippen LogP contribution in [0.15, 0.2) is 6.33 Å². The van der Waals surface area contributed by atoms with Crippen molar-refractivity contribution in [3.63, 3.8) is 0 Å². The van der Waals surface area contributed by atoms with Crippen molar-refractivity contribution in [1.82, 2.24) is 19.5 Å². The summed E-state index contributed by atoms with van der Waals surface area (Å²) in [5.74, 6) is 1.61. The standard InChI is InChI=1S/C24H41N7/c1-2-3-4-5-6-9-16-26-22-21-23(31(17-27-21)20-10-7-8-11-20)30-24(29-22)28-19-14-12-18(25)13-15-19/h17-20H,2-16,25H2,1H3,(H2,26,28,29,30)/t18-,19-. The predicted octanol–water partition coefficient (Wildman–Crippen LogP) is 5.40. The van der Waals surface area contributed by atoms with E-state index < -0.39 is 0 Å². The molecule has 2 heterocycles. The van der Waals surface area contributed by atoms with Crippen LogP contribution in [0.1, 0.15) is 103 Å². The summed E-state index contributed by atoms with van der Waals surface area (Å²) in [5, 5.41) is 7.19. The lowest BCUT2D eigenvalue weighted by Crippen LogP contribution is -2.33. The molecule has 0 saturated heterocycles. The number of aromatic nitrogens is 4. The van der Waals surface area contributed by atoms with Gasteiger partial charge in [0.2, 0.25) is 5.95 Å². The molecule has 0 bridgehead atoms. The Morgan fingerprint density at radius 1 is 0.968 bits per heavy atom. The van der Waals surface area contributed by atoms with Crippen LogP contribution in [-0.4, -0.2) is 38.1 Å². The highest BCUT2D eigenvalue weighted by atomic mass is 15.2. The van der Waals surface area contributed by atoms with Crippen LogP contribution < -0.4 is 16.4 Å². The lowest BCUT2D eigenvalue weighted by molar-refractivity contribution is 0.410. The molecule has 4 rings (SSSR count). The molecule has 2 aliphatic carbocycles. The van der Waals surface area contributed by atoms with Crippen LogP contribution in [0.5, 0.6) is 0 Å². The number of nitrogens with two attached hydrogens (primary N) is 1. The lowest BCUT2D eigenvalue weighted by atomic mass is 9.92. The summed E-state index contributed by atoms with van der Waals surface area (Å²) in [6, 6.07) is 1.28. The fraction of sp³-hybridized carbons (Fsp3) is 0.792. The zero-order valence-corrected chi connectivity index (χ0v) is 19.3. The van der Waals surface area contributed by atoms with Gasteiger partial charge in [0.25, 0.3) is 0 Å². The van der Waals surface area contributed by atoms with Crippen molar-refractivity contribution in [3.8, 4) is 0 Å². The number of fused-ring (bicyclic) bond motifs is 1. The van der Waals surface area contributed by atoms with Gasteiger partial charge in [-0.1, -0.05) is 51.9 Å². The molecule has 0 aliphatic heterocycles. The highest BCUT2D eigenvalue weighted by Gasteiger charge is 2.23. The number of hydrogen-bond acceptors (Lipinski definition) is 6. The third-order valence-electron chi connectivity index (χ3n) is 7.07. The number of anilines is 2. The number of rotatable bonds is 11. The molecule has 2 saturated carbocycles. The van der Waals surface area contributed by atoms with Crippen LogP contribution >= 0.6 is 0 Å². The van der Waals surface area contributed by atoms with Gasteiger partial charge in [-0.15, -0.1) is 0 Å². The quantitative estimate of drug-likeness (QED) is 0.416. The molecule has 172 valence electrons. The molecule has 0 aromatic carbocycles. The van der Waals surface area contributed by atoms with Gasteiger partial charge in [-0.05, 0) is 44.9 Å². The van der Waals surface area contributed by atoms with Crippen LogP contribution in [0.4, 0.5) is 11.8 Å². The first-order valence-corrected chi connectivity index (χ1v) is 12.7. The summed E-state index contributed by atoms with van der Waals surface area (Å²) in [6.07, 6.45) is 19.1. The molecule has 0 spiro atoms. The minimum Gasteiger partial charge on any atom is -0.368 e. The number of imidazole rings is 1. The van der Waals surface area contributed by atoms with E-state index >= 15 is 0 Å². The SMILES string of the molecule is CCCCCCCCNc1nc(N[C@H]2CC[C@H](N)CC2)nc2c1ncn2C1CCCC1. The summed E-state index contributed by atoms with van der Waals surface area (Å²) < 4.78 is 2.29. The summed E-state index contributed by atoms with van der Waals surface area (Å²) in [4.78, 5) is 14.5. The van der Waals surface area contributed by atoms with E-state index in [-0.39, 0.29) is 0 Å². The molecule has 7 nitrogen and oxygen atoms in total. The highest BCUT2D eigenvalue weighted by molar-refractivity contribution is 5.84. The average Bonchev–Trinajstić information content (AvgIpc) is 3.44. The van der Waals surface area contributed by atoms with Crippen molar-refractivity contribution in [2.75, 3.05) is 17.2 Å². The largest absolute Gasteiger partial charge is 0.368 e. The fourth-order valence-electron chi connectivity index (χ4n) is 5.11. The molecule has 4 N–H and O–H groups in total. The maximum Gasteiger partial charge on any atom is 0.227 e. The Balaban J connectivity index is 1.47. The van der Waals surface area contributed by atoms with Crippen LogP contribution in [0, 0.1) is 0 Å². The van der Waals surface area contributed by atoms with Crippen LogP contribution in [0.25, 0.3) is 11.2 Å². The first-order valence-electron chi connectivity index (χ1n) is 12.7. The Bertz CT molecular complexity index is 804. The van der Waals surface area contributed by atoms with E-state index in [0.29, 0.717) is 18.1 Å². The lowest BCUT2D eigenvalue weighted by Gasteiger charge is -2.27. The second-order valence-corrected chi connectivity index (χ2v) is 9.61. The van der Waals surface area contributed by atoms with Gasteiger partial charge >= 0.3 is 0 Å². The van der Waals surface area contributed by atoms with Crippen molar-refractivity contribution in [2.45, 2.75) is 115 Å². The topological polar surface area (TPSA) is 93.7 Å². The highest BCUT2D eigenvalue weighted by Crippen LogP contribution is 2.33. The van der Waals surface area contributed by atoms with Crippen molar-refractivity contribution < 1.29 is 0 Å². The maximum absolute atomic E-state index is 6.09. The molecular weight excluding hydrogens is 386 g/mol. The van der Waals surface area contributed by atoms with E-state index in [4.69, 9.17) is 20.7 Å². The Morgan fingerprint density at radius 2 is 1.71 bits per heavy atom. The first kappa shape index (κ1) is 22.3. The number of nitrogens with zero attached hydrogens (tertiary/aromatic N) is 4. The number of hydrogen-bond donors (Lipinski definition) is 3. The summed E-state index contributed by atoms with van der Waals surface area (Å²) in [6.45, 7) is 3.20. The molecule has 0 unspecified atom stereocenters. The van der Waals surface area contributed by atoms with E-state index in [1.807, 2.05) is 6.33 Å². The molecule has 7 heteroatoms. The van der Waals surface area contributed by atoms with Gasteiger partial charge in [0.15, 0.2) is 17.0 Å². The molecule has 2 fully saturated rings. The second-order valence-electron chi connectivity index (χ2n) is 9.61. The molecule has 0 radical (unpaired) electrons. The van der Waals surface area contributed by atoms with Crippen molar-refractivity contribution in [3.05, 3.63) is 6.33 Å². The van der Waals surface area contributed by atoms with Gasteiger partial charge < -0.3 is 20.9 Å². The Morgan fingerprint density at radius 3 is 2.48 bits per heavy atom. The normalized spacial score (nSPS) is 22.3. The molecular formula is C24H41N7. The molecule has 0 amide bonds. The fourth-order valence-corrected chi connectivity index (χ4v) is 5.11. The van der Waals surface area contributed by atoms with E-state index in [0.717, 1.165) is 55.2 Å². The predicted molar refractivity (Wildman–Crippen MR) is 129 cm³/mol. The van der Waals surface area contributed by atoms with Gasteiger partial charge in [-0.2, -0.15) is 9.97 Å². The minimum atomic E-state index is 0.347. The third kappa shape index (κ3) is 5.88. The van der Waals surface area contributed by atoms with Gasteiger partial charge in [-0.25, -0.2) is 4.98 Å². The Labute approximate surface area is 187 Å². The van der Waals surface area contributed by atoms with Crippen LogP contribution in [0.2, 0.25) is 0 Å². The zero-order valence-electron chi connectivity index (χ0n) is 19.3. The number of unbranched alkanes of at least 4 members (excludes halogenated alkanes) is 5. The monoisotopic (exact) mass is 427 g/mol. The summed E-state index contributed by atoms with van der Waals surface area (Å²) in [7, 11) is 0. The van der Waals surface area contributed by atoms with Gasteiger partial charge in [0.1, 0.15) is 0 Å². The second kappa shape index (κ2) is 11.1. The van der Waals surface area contributed by atoms with E-state index in [1.54, 1.807) is 0 Å². The maximum atomic E-state index is 6.09.